The molecule has 0 fully saturated rings. The number of benzene rings is 2. The number of methoxy groups -OCH3 is 1. The topological polar surface area (TPSA) is 66.5 Å². The Labute approximate surface area is 171 Å². The predicted molar refractivity (Wildman–Crippen MR) is 107 cm³/mol. The molecule has 1 aromatic heterocycles. The number of primary amides is 1. The lowest BCUT2D eigenvalue weighted by molar-refractivity contribution is -0.274. The molecule has 0 saturated carbocycles. The van der Waals surface area contributed by atoms with Gasteiger partial charge >= 0.3 is 6.36 Å². The fourth-order valence-electron chi connectivity index (χ4n) is 3.63. The molecule has 5 nitrogen and oxygen atoms in total. The Morgan fingerprint density at radius 3 is 2.40 bits per heavy atom. The molecule has 2 aromatic carbocycles. The molecule has 8 heteroatoms. The van der Waals surface area contributed by atoms with Crippen LogP contribution < -0.4 is 15.2 Å². The van der Waals surface area contributed by atoms with Crippen LogP contribution in [0.4, 0.5) is 13.2 Å². The number of amides is 1. The van der Waals surface area contributed by atoms with E-state index in [4.69, 9.17) is 10.5 Å². The van der Waals surface area contributed by atoms with E-state index in [1.54, 1.807) is 27.0 Å². The molecular weight excluding hydrogens is 397 g/mol. The minimum absolute atomic E-state index is 0.256. The van der Waals surface area contributed by atoms with Crippen LogP contribution in [0.2, 0.25) is 0 Å². The molecule has 0 spiro atoms. The highest BCUT2D eigenvalue weighted by molar-refractivity contribution is 6.02. The van der Waals surface area contributed by atoms with Gasteiger partial charge in [-0.05, 0) is 37.6 Å². The van der Waals surface area contributed by atoms with Crippen molar-refractivity contribution in [2.24, 2.45) is 5.73 Å². The van der Waals surface area contributed by atoms with Crippen LogP contribution >= 0.6 is 0 Å². The molecule has 3 rings (SSSR count). The van der Waals surface area contributed by atoms with E-state index in [-0.39, 0.29) is 11.3 Å². The normalized spacial score (nSPS) is 11.4. The summed E-state index contributed by atoms with van der Waals surface area (Å²) in [5.74, 6) is -0.343. The second-order valence-electron chi connectivity index (χ2n) is 6.76. The third-order valence-electron chi connectivity index (χ3n) is 4.91. The van der Waals surface area contributed by atoms with E-state index >= 15 is 0 Å². The largest absolute Gasteiger partial charge is 0.573 e. The van der Waals surface area contributed by atoms with Crippen molar-refractivity contribution < 1.29 is 27.4 Å². The van der Waals surface area contributed by atoms with Gasteiger partial charge in [-0.2, -0.15) is 0 Å². The number of ether oxygens (including phenoxy) is 2. The van der Waals surface area contributed by atoms with Gasteiger partial charge in [0.15, 0.2) is 0 Å². The van der Waals surface area contributed by atoms with E-state index < -0.39 is 12.3 Å². The van der Waals surface area contributed by atoms with Gasteiger partial charge in [-0.15, -0.1) is 13.2 Å². The molecular formula is C22H21F3N2O3. The number of halogens is 3. The molecule has 1 heterocycles. The highest BCUT2D eigenvalue weighted by Gasteiger charge is 2.31. The molecule has 0 atom stereocenters. The summed E-state index contributed by atoms with van der Waals surface area (Å²) in [6.45, 7) is 3.95. The minimum atomic E-state index is -4.81. The zero-order valence-electron chi connectivity index (χ0n) is 16.7. The van der Waals surface area contributed by atoms with Crippen LogP contribution in [0.5, 0.6) is 11.5 Å². The third kappa shape index (κ3) is 4.27. The molecule has 3 aromatic rings. The number of carbonyl (C=O) groups is 1. The Bertz CT molecular complexity index is 1090. The Hall–Kier alpha value is -3.42. The fraction of sp³-hybridized carbons (Fsp3) is 0.227. The SMILES string of the molecule is COc1ccccc1Cn1c(C)c(C(N)=O)c(-c2cccc(OC(F)(F)F)c2)c1C. The van der Waals surface area contributed by atoms with Gasteiger partial charge in [0.05, 0.1) is 19.2 Å². The van der Waals surface area contributed by atoms with Gasteiger partial charge in [0.1, 0.15) is 11.5 Å². The number of alkyl halides is 3. The van der Waals surface area contributed by atoms with Gasteiger partial charge in [-0.1, -0.05) is 30.3 Å². The lowest BCUT2D eigenvalue weighted by Crippen LogP contribution is -2.17. The Morgan fingerprint density at radius 2 is 1.77 bits per heavy atom. The second kappa shape index (κ2) is 8.14. The highest BCUT2D eigenvalue weighted by atomic mass is 19.4. The van der Waals surface area contributed by atoms with Crippen molar-refractivity contribution in [1.82, 2.24) is 4.57 Å². The Balaban J connectivity index is 2.14. The van der Waals surface area contributed by atoms with Crippen LogP contribution in [0.15, 0.2) is 48.5 Å². The first-order chi connectivity index (χ1) is 14.1. The average molecular weight is 418 g/mol. The van der Waals surface area contributed by atoms with Crippen molar-refractivity contribution in [3.63, 3.8) is 0 Å². The van der Waals surface area contributed by atoms with Gasteiger partial charge < -0.3 is 19.8 Å². The molecule has 0 aliphatic carbocycles. The zero-order chi connectivity index (χ0) is 22.1. The van der Waals surface area contributed by atoms with Crippen LogP contribution in [0.25, 0.3) is 11.1 Å². The lowest BCUT2D eigenvalue weighted by Gasteiger charge is -2.13. The molecule has 0 aliphatic heterocycles. The van der Waals surface area contributed by atoms with Crippen LogP contribution in [-0.2, 0) is 6.54 Å². The van der Waals surface area contributed by atoms with Gasteiger partial charge in [0.2, 0.25) is 0 Å². The average Bonchev–Trinajstić information content (AvgIpc) is 2.92. The maximum Gasteiger partial charge on any atom is 0.573 e. The fourth-order valence-corrected chi connectivity index (χ4v) is 3.63. The van der Waals surface area contributed by atoms with E-state index in [9.17, 15) is 18.0 Å². The summed E-state index contributed by atoms with van der Waals surface area (Å²) >= 11 is 0. The Kier molecular flexibility index (Phi) is 5.78. The van der Waals surface area contributed by atoms with E-state index in [0.29, 0.717) is 34.8 Å². The van der Waals surface area contributed by atoms with Gasteiger partial charge in [0, 0.05) is 22.5 Å². The number of carbonyl (C=O) groups excluding carboxylic acids is 1. The molecule has 0 unspecified atom stereocenters. The van der Waals surface area contributed by atoms with Crippen LogP contribution in [0.1, 0.15) is 27.3 Å². The number of aromatic nitrogens is 1. The van der Waals surface area contributed by atoms with Crippen molar-refractivity contribution in [3.05, 3.63) is 71.0 Å². The van der Waals surface area contributed by atoms with E-state index in [1.807, 2.05) is 28.8 Å². The van der Waals surface area contributed by atoms with Gasteiger partial charge in [0.25, 0.3) is 5.91 Å². The van der Waals surface area contributed by atoms with Crippen molar-refractivity contribution in [1.29, 1.82) is 0 Å². The molecule has 1 amide bonds. The number of para-hydroxylation sites is 1. The number of rotatable bonds is 6. The standard InChI is InChI=1S/C22H21F3N2O3/c1-13-19(15-8-6-9-17(11-15)30-22(23,24)25)20(21(26)28)14(2)27(13)12-16-7-4-5-10-18(16)29-3/h4-11H,12H2,1-3H3,(H2,26,28). The van der Waals surface area contributed by atoms with E-state index in [0.717, 1.165) is 5.56 Å². The summed E-state index contributed by atoms with van der Waals surface area (Å²) in [6, 6.07) is 13.0. The van der Waals surface area contributed by atoms with Crippen molar-refractivity contribution in [3.8, 4) is 22.6 Å². The summed E-state index contributed by atoms with van der Waals surface area (Å²) < 4.78 is 49.2. The molecule has 30 heavy (non-hydrogen) atoms. The molecule has 0 saturated heterocycles. The number of nitrogens with zero attached hydrogens (tertiary/aromatic N) is 1. The summed E-state index contributed by atoms with van der Waals surface area (Å²) in [5.41, 5.74) is 8.97. The van der Waals surface area contributed by atoms with Gasteiger partial charge in [-0.25, -0.2) is 0 Å². The number of hydrogen-bond acceptors (Lipinski definition) is 3. The maximum absolute atomic E-state index is 12.6. The monoisotopic (exact) mass is 418 g/mol. The second-order valence-corrected chi connectivity index (χ2v) is 6.76. The quantitative estimate of drug-likeness (QED) is 0.624. The van der Waals surface area contributed by atoms with Crippen molar-refractivity contribution in [2.75, 3.05) is 7.11 Å². The molecule has 0 bridgehead atoms. The molecule has 158 valence electrons. The van der Waals surface area contributed by atoms with E-state index in [2.05, 4.69) is 4.74 Å². The predicted octanol–water partition coefficient (Wildman–Crippen LogP) is 4.83. The highest BCUT2D eigenvalue weighted by Crippen LogP contribution is 2.36. The smallest absolute Gasteiger partial charge is 0.496 e. The first-order valence-corrected chi connectivity index (χ1v) is 9.10. The van der Waals surface area contributed by atoms with Crippen LogP contribution in [-0.4, -0.2) is 23.9 Å². The molecule has 2 N–H and O–H groups in total. The third-order valence-corrected chi connectivity index (χ3v) is 4.91. The minimum Gasteiger partial charge on any atom is -0.496 e. The summed E-state index contributed by atoms with van der Waals surface area (Å²) in [7, 11) is 1.57. The lowest BCUT2D eigenvalue weighted by atomic mass is 10.00. The van der Waals surface area contributed by atoms with Crippen LogP contribution in [0, 0.1) is 13.8 Å². The first kappa shape index (κ1) is 21.3. The number of hydrogen-bond donors (Lipinski definition) is 1. The Morgan fingerprint density at radius 1 is 1.07 bits per heavy atom. The van der Waals surface area contributed by atoms with Crippen LogP contribution in [0.3, 0.4) is 0 Å². The molecule has 0 aliphatic rings. The summed E-state index contributed by atoms with van der Waals surface area (Å²) in [5, 5.41) is 0. The molecule has 0 radical (unpaired) electrons. The van der Waals surface area contributed by atoms with Crippen molar-refractivity contribution in [2.45, 2.75) is 26.8 Å². The summed E-state index contributed by atoms with van der Waals surface area (Å²) in [6.07, 6.45) is -4.81. The van der Waals surface area contributed by atoms with E-state index in [1.165, 1.54) is 18.2 Å². The zero-order valence-corrected chi connectivity index (χ0v) is 16.7. The number of nitrogens with two attached hydrogens (primary N) is 1. The maximum atomic E-state index is 12.6. The van der Waals surface area contributed by atoms with Crippen molar-refractivity contribution >= 4 is 5.91 Å². The first-order valence-electron chi connectivity index (χ1n) is 9.10. The summed E-state index contributed by atoms with van der Waals surface area (Å²) in [4.78, 5) is 12.2. The van der Waals surface area contributed by atoms with Gasteiger partial charge in [-0.3, -0.25) is 4.79 Å².